The third-order valence-corrected chi connectivity index (χ3v) is 4.05. The highest BCUT2D eigenvalue weighted by atomic mass is 19.1. The summed E-state index contributed by atoms with van der Waals surface area (Å²) in [7, 11) is 0. The molecule has 0 fully saturated rings. The second-order valence-electron chi connectivity index (χ2n) is 6.35. The summed E-state index contributed by atoms with van der Waals surface area (Å²) in [6, 6.07) is 11.4. The van der Waals surface area contributed by atoms with Crippen LogP contribution in [0.15, 0.2) is 47.5 Å². The third-order valence-electron chi connectivity index (χ3n) is 4.05. The van der Waals surface area contributed by atoms with Crippen LogP contribution in [0.25, 0.3) is 0 Å². The van der Waals surface area contributed by atoms with Gasteiger partial charge in [-0.15, -0.1) is 0 Å². The Morgan fingerprint density at radius 2 is 1.76 bits per heavy atom. The van der Waals surface area contributed by atoms with E-state index in [1.807, 2.05) is 38.1 Å². The van der Waals surface area contributed by atoms with Crippen molar-refractivity contribution in [2.45, 2.75) is 33.5 Å². The molecule has 0 bridgehead atoms. The monoisotopic (exact) mass is 405 g/mol. The molecular weight excluding hydrogens is 376 g/mol. The average molecular weight is 405 g/mol. The van der Waals surface area contributed by atoms with Gasteiger partial charge in [0.05, 0.1) is 26.4 Å². The minimum Gasteiger partial charge on any atom is -0.379 e. The number of rotatable bonds is 11. The molecule has 158 valence electrons. The highest BCUT2D eigenvalue weighted by Crippen LogP contribution is 2.10. The molecule has 2 aromatic rings. The zero-order valence-electron chi connectivity index (χ0n) is 17.0. The van der Waals surface area contributed by atoms with Crippen molar-refractivity contribution in [3.05, 3.63) is 70.8 Å². The molecule has 2 aromatic carbocycles. The van der Waals surface area contributed by atoms with E-state index >= 15 is 0 Å². The molecule has 0 aliphatic rings. The van der Waals surface area contributed by atoms with E-state index in [-0.39, 0.29) is 12.1 Å². The number of benzene rings is 2. The molecule has 2 N–H and O–H groups in total. The third kappa shape index (κ3) is 8.58. The number of guanidine groups is 1. The first-order valence-corrected chi connectivity index (χ1v) is 9.81. The fourth-order valence-corrected chi connectivity index (χ4v) is 2.64. The zero-order chi connectivity index (χ0) is 20.9. The minimum absolute atomic E-state index is 0.142. The fraction of sp³-hybridized carbons (Fsp3) is 0.409. The van der Waals surface area contributed by atoms with Crippen molar-refractivity contribution >= 4 is 5.96 Å². The van der Waals surface area contributed by atoms with Crippen molar-refractivity contribution in [2.75, 3.05) is 26.4 Å². The second-order valence-corrected chi connectivity index (χ2v) is 6.35. The van der Waals surface area contributed by atoms with Crippen LogP contribution in [0.2, 0.25) is 0 Å². The largest absolute Gasteiger partial charge is 0.379 e. The SMILES string of the molecule is CCNC(=NCc1cccc(COCCOCC)c1)NCc1cc(F)ccc1F. The summed E-state index contributed by atoms with van der Waals surface area (Å²) in [5.41, 5.74) is 2.35. The van der Waals surface area contributed by atoms with Crippen molar-refractivity contribution in [1.82, 2.24) is 10.6 Å². The molecule has 0 radical (unpaired) electrons. The summed E-state index contributed by atoms with van der Waals surface area (Å²) in [6.07, 6.45) is 0. The van der Waals surface area contributed by atoms with Gasteiger partial charge in [-0.25, -0.2) is 13.8 Å². The minimum atomic E-state index is -0.467. The van der Waals surface area contributed by atoms with Gasteiger partial charge in [-0.1, -0.05) is 24.3 Å². The molecule has 0 aromatic heterocycles. The molecule has 0 aliphatic carbocycles. The van der Waals surface area contributed by atoms with Gasteiger partial charge in [0.1, 0.15) is 11.6 Å². The molecule has 0 atom stereocenters. The molecule has 2 rings (SSSR count). The summed E-state index contributed by atoms with van der Waals surface area (Å²) in [6.45, 7) is 7.50. The molecule has 0 saturated heterocycles. The Hall–Kier alpha value is -2.51. The second kappa shape index (κ2) is 12.9. The van der Waals surface area contributed by atoms with Crippen LogP contribution in [-0.2, 0) is 29.2 Å². The van der Waals surface area contributed by atoms with Crippen molar-refractivity contribution < 1.29 is 18.3 Å². The lowest BCUT2D eigenvalue weighted by molar-refractivity contribution is 0.0453. The molecular formula is C22H29F2N3O2. The quantitative estimate of drug-likeness (QED) is 0.339. The number of nitrogens with one attached hydrogen (secondary N) is 2. The number of halogens is 2. The van der Waals surface area contributed by atoms with Gasteiger partial charge in [-0.05, 0) is 43.2 Å². The highest BCUT2D eigenvalue weighted by Gasteiger charge is 2.05. The Bertz CT molecular complexity index is 784. The van der Waals surface area contributed by atoms with E-state index in [0.717, 1.165) is 23.3 Å². The number of aliphatic imine (C=N–C) groups is 1. The van der Waals surface area contributed by atoms with Crippen molar-refractivity contribution in [1.29, 1.82) is 0 Å². The number of nitrogens with zero attached hydrogens (tertiary/aromatic N) is 1. The van der Waals surface area contributed by atoms with E-state index in [1.54, 1.807) is 0 Å². The summed E-state index contributed by atoms with van der Waals surface area (Å²) in [5, 5.41) is 6.15. The first kappa shape index (κ1) is 22.8. The van der Waals surface area contributed by atoms with E-state index < -0.39 is 11.6 Å². The maximum absolute atomic E-state index is 13.8. The lowest BCUT2D eigenvalue weighted by atomic mass is 10.1. The number of hydrogen-bond donors (Lipinski definition) is 2. The predicted molar refractivity (Wildman–Crippen MR) is 111 cm³/mol. The van der Waals surface area contributed by atoms with E-state index in [1.165, 1.54) is 6.07 Å². The van der Waals surface area contributed by atoms with E-state index in [0.29, 0.717) is 45.5 Å². The fourth-order valence-electron chi connectivity index (χ4n) is 2.64. The Labute approximate surface area is 171 Å². The van der Waals surface area contributed by atoms with Crippen LogP contribution >= 0.6 is 0 Å². The van der Waals surface area contributed by atoms with E-state index in [2.05, 4.69) is 15.6 Å². The zero-order valence-corrected chi connectivity index (χ0v) is 17.0. The summed E-state index contributed by atoms with van der Waals surface area (Å²) < 4.78 is 38.0. The Balaban J connectivity index is 1.91. The summed E-state index contributed by atoms with van der Waals surface area (Å²) >= 11 is 0. The van der Waals surface area contributed by atoms with Crippen molar-refractivity contribution in [3.8, 4) is 0 Å². The highest BCUT2D eigenvalue weighted by molar-refractivity contribution is 5.79. The van der Waals surface area contributed by atoms with Gasteiger partial charge in [-0.2, -0.15) is 0 Å². The van der Waals surface area contributed by atoms with Crippen LogP contribution in [0, 0.1) is 11.6 Å². The molecule has 0 aliphatic heterocycles. The Morgan fingerprint density at radius 3 is 2.55 bits per heavy atom. The summed E-state index contributed by atoms with van der Waals surface area (Å²) in [5.74, 6) is -0.383. The first-order chi connectivity index (χ1) is 14.1. The van der Waals surface area contributed by atoms with Gasteiger partial charge in [0.25, 0.3) is 0 Å². The van der Waals surface area contributed by atoms with Gasteiger partial charge in [0.15, 0.2) is 5.96 Å². The molecule has 0 amide bonds. The van der Waals surface area contributed by atoms with Crippen LogP contribution in [-0.4, -0.2) is 32.3 Å². The molecule has 0 spiro atoms. The van der Waals surface area contributed by atoms with Crippen LogP contribution in [0.5, 0.6) is 0 Å². The van der Waals surface area contributed by atoms with Gasteiger partial charge < -0.3 is 20.1 Å². The molecule has 7 heteroatoms. The standard InChI is InChI=1S/C22H29F2N3O2/c1-3-25-22(27-15-19-13-20(23)8-9-21(19)24)26-14-17-6-5-7-18(12-17)16-29-11-10-28-4-2/h5-9,12-13H,3-4,10-11,14-16H2,1-2H3,(H2,25,26,27). The van der Waals surface area contributed by atoms with Crippen LogP contribution in [0.3, 0.4) is 0 Å². The molecule has 0 unspecified atom stereocenters. The lowest BCUT2D eigenvalue weighted by Gasteiger charge is -2.12. The van der Waals surface area contributed by atoms with Gasteiger partial charge in [0, 0.05) is 25.3 Å². The molecule has 0 heterocycles. The topological polar surface area (TPSA) is 54.9 Å². The lowest BCUT2D eigenvalue weighted by Crippen LogP contribution is -2.37. The van der Waals surface area contributed by atoms with Gasteiger partial charge >= 0.3 is 0 Å². The van der Waals surface area contributed by atoms with E-state index in [9.17, 15) is 8.78 Å². The average Bonchev–Trinajstić information content (AvgIpc) is 2.72. The normalized spacial score (nSPS) is 11.5. The van der Waals surface area contributed by atoms with Gasteiger partial charge in [-0.3, -0.25) is 0 Å². The van der Waals surface area contributed by atoms with Crippen LogP contribution in [0.4, 0.5) is 8.78 Å². The van der Waals surface area contributed by atoms with Crippen molar-refractivity contribution in [2.24, 2.45) is 4.99 Å². The maximum atomic E-state index is 13.8. The molecule has 5 nitrogen and oxygen atoms in total. The number of ether oxygens (including phenoxy) is 2. The first-order valence-electron chi connectivity index (χ1n) is 9.81. The Kier molecular flexibility index (Phi) is 10.1. The Morgan fingerprint density at radius 1 is 0.966 bits per heavy atom. The summed E-state index contributed by atoms with van der Waals surface area (Å²) in [4.78, 5) is 4.53. The van der Waals surface area contributed by atoms with Gasteiger partial charge in [0.2, 0.25) is 0 Å². The maximum Gasteiger partial charge on any atom is 0.191 e. The molecule has 29 heavy (non-hydrogen) atoms. The van der Waals surface area contributed by atoms with Crippen LogP contribution in [0.1, 0.15) is 30.5 Å². The number of hydrogen-bond acceptors (Lipinski definition) is 3. The molecule has 0 saturated carbocycles. The van der Waals surface area contributed by atoms with Crippen LogP contribution < -0.4 is 10.6 Å². The van der Waals surface area contributed by atoms with E-state index in [4.69, 9.17) is 9.47 Å². The smallest absolute Gasteiger partial charge is 0.191 e. The predicted octanol–water partition coefficient (Wildman–Crippen LogP) is 3.77. The van der Waals surface area contributed by atoms with Crippen molar-refractivity contribution in [3.63, 3.8) is 0 Å².